The zero-order chi connectivity index (χ0) is 18.5. The summed E-state index contributed by atoms with van der Waals surface area (Å²) in [6.07, 6.45) is 2.09. The average Bonchev–Trinajstić information content (AvgIpc) is 2.62. The lowest BCUT2D eigenvalue weighted by Gasteiger charge is -2.32. The van der Waals surface area contributed by atoms with Crippen molar-refractivity contribution in [3.05, 3.63) is 68.7 Å². The minimum atomic E-state index is -0.0313. The molecule has 2 aromatic carbocycles. The molecule has 6 heteroatoms. The smallest absolute Gasteiger partial charge is 0.224 e. The largest absolute Gasteiger partial charge is 0.353 e. The Balaban J connectivity index is 1.46. The first-order chi connectivity index (χ1) is 12.5. The zero-order valence-electron chi connectivity index (χ0n) is 14.4. The summed E-state index contributed by atoms with van der Waals surface area (Å²) in [7, 11) is 0. The highest BCUT2D eigenvalue weighted by Crippen LogP contribution is 2.25. The number of hydrogen-bond donors (Lipinski definition) is 1. The van der Waals surface area contributed by atoms with E-state index in [4.69, 9.17) is 34.8 Å². The molecule has 1 N–H and O–H groups in total. The third-order valence-corrected chi connectivity index (χ3v) is 5.63. The van der Waals surface area contributed by atoms with Gasteiger partial charge in [0.15, 0.2) is 0 Å². The average molecular weight is 412 g/mol. The van der Waals surface area contributed by atoms with Crippen LogP contribution >= 0.6 is 34.8 Å². The predicted molar refractivity (Wildman–Crippen MR) is 108 cm³/mol. The van der Waals surface area contributed by atoms with Gasteiger partial charge in [0.1, 0.15) is 0 Å². The van der Waals surface area contributed by atoms with Crippen molar-refractivity contribution in [2.24, 2.45) is 0 Å². The van der Waals surface area contributed by atoms with Crippen molar-refractivity contribution in [3.8, 4) is 0 Å². The van der Waals surface area contributed by atoms with Gasteiger partial charge < -0.3 is 5.32 Å². The molecule has 0 atom stereocenters. The van der Waals surface area contributed by atoms with Crippen LogP contribution in [0.25, 0.3) is 0 Å². The second kappa shape index (κ2) is 9.09. The van der Waals surface area contributed by atoms with Crippen LogP contribution in [0.2, 0.25) is 15.1 Å². The van der Waals surface area contributed by atoms with Crippen LogP contribution in [0, 0.1) is 0 Å². The molecule has 1 heterocycles. The topological polar surface area (TPSA) is 32.3 Å². The molecule has 2 aromatic rings. The van der Waals surface area contributed by atoms with Gasteiger partial charge in [-0.15, -0.1) is 0 Å². The lowest BCUT2D eigenvalue weighted by molar-refractivity contribution is -0.121. The van der Waals surface area contributed by atoms with Crippen LogP contribution in [0.1, 0.15) is 24.0 Å². The van der Waals surface area contributed by atoms with E-state index in [-0.39, 0.29) is 18.4 Å². The van der Waals surface area contributed by atoms with Crippen molar-refractivity contribution in [1.29, 1.82) is 0 Å². The van der Waals surface area contributed by atoms with Crippen LogP contribution in [-0.2, 0) is 17.8 Å². The second-order valence-electron chi connectivity index (χ2n) is 6.62. The standard InChI is InChI=1S/C20H21Cl3N2O/c21-15-6-4-14(5-7-15)13-25-10-8-16(9-11-25)24-20(26)12-17-18(22)2-1-3-19(17)23/h1-7,16H,8-13H2,(H,24,26). The number of hydrogen-bond acceptors (Lipinski definition) is 2. The van der Waals surface area contributed by atoms with Crippen LogP contribution in [-0.4, -0.2) is 29.9 Å². The molecule has 3 nitrogen and oxygen atoms in total. The van der Waals surface area contributed by atoms with Crippen molar-refractivity contribution >= 4 is 40.7 Å². The van der Waals surface area contributed by atoms with Gasteiger partial charge in [-0.05, 0) is 48.2 Å². The molecule has 0 saturated carbocycles. The van der Waals surface area contributed by atoms with E-state index in [0.717, 1.165) is 37.5 Å². The highest BCUT2D eigenvalue weighted by atomic mass is 35.5. The molecule has 26 heavy (non-hydrogen) atoms. The Morgan fingerprint density at radius 2 is 1.62 bits per heavy atom. The third kappa shape index (κ3) is 5.37. The molecule has 0 radical (unpaired) electrons. The van der Waals surface area contributed by atoms with Gasteiger partial charge >= 0.3 is 0 Å². The zero-order valence-corrected chi connectivity index (χ0v) is 16.6. The van der Waals surface area contributed by atoms with Crippen LogP contribution in [0.15, 0.2) is 42.5 Å². The van der Waals surface area contributed by atoms with E-state index in [2.05, 4.69) is 22.3 Å². The first-order valence-corrected chi connectivity index (χ1v) is 9.83. The quantitative estimate of drug-likeness (QED) is 0.753. The van der Waals surface area contributed by atoms with E-state index in [1.807, 2.05) is 12.1 Å². The molecule has 0 aliphatic carbocycles. The molecule has 0 unspecified atom stereocenters. The lowest BCUT2D eigenvalue weighted by atomic mass is 10.0. The van der Waals surface area contributed by atoms with Crippen molar-refractivity contribution < 1.29 is 4.79 Å². The Kier molecular flexibility index (Phi) is 6.82. The number of amides is 1. The molecule has 1 fully saturated rings. The maximum absolute atomic E-state index is 12.3. The molecule has 1 saturated heterocycles. The first kappa shape index (κ1) is 19.5. The molecule has 0 bridgehead atoms. The number of rotatable bonds is 5. The number of nitrogens with one attached hydrogen (secondary N) is 1. The summed E-state index contributed by atoms with van der Waals surface area (Å²) in [5.74, 6) is -0.0313. The molecule has 0 aromatic heterocycles. The van der Waals surface area contributed by atoms with E-state index in [0.29, 0.717) is 15.6 Å². The Labute approximate surface area is 169 Å². The molecule has 1 aliphatic heterocycles. The number of carbonyl (C=O) groups excluding carboxylic acids is 1. The van der Waals surface area contributed by atoms with Crippen LogP contribution < -0.4 is 5.32 Å². The van der Waals surface area contributed by atoms with Gasteiger partial charge in [0, 0.05) is 40.7 Å². The highest BCUT2D eigenvalue weighted by Gasteiger charge is 2.21. The number of piperidine rings is 1. The second-order valence-corrected chi connectivity index (χ2v) is 7.87. The Bertz CT molecular complexity index is 736. The van der Waals surface area contributed by atoms with Gasteiger partial charge in [-0.25, -0.2) is 0 Å². The summed E-state index contributed by atoms with van der Waals surface area (Å²) in [6.45, 7) is 2.83. The van der Waals surface area contributed by atoms with Crippen molar-refractivity contribution in [3.63, 3.8) is 0 Å². The minimum absolute atomic E-state index is 0.0313. The first-order valence-electron chi connectivity index (χ1n) is 8.70. The number of carbonyl (C=O) groups is 1. The van der Waals surface area contributed by atoms with Gasteiger partial charge in [0.25, 0.3) is 0 Å². The Morgan fingerprint density at radius 3 is 2.23 bits per heavy atom. The summed E-state index contributed by atoms with van der Waals surface area (Å²) < 4.78 is 0. The van der Waals surface area contributed by atoms with Gasteiger partial charge in [0.2, 0.25) is 5.91 Å². The molecule has 0 spiro atoms. The minimum Gasteiger partial charge on any atom is -0.353 e. The summed E-state index contributed by atoms with van der Waals surface area (Å²) in [4.78, 5) is 14.7. The summed E-state index contributed by atoms with van der Waals surface area (Å²) >= 11 is 18.2. The van der Waals surface area contributed by atoms with Crippen LogP contribution in [0.3, 0.4) is 0 Å². The number of benzene rings is 2. The number of nitrogens with zero attached hydrogens (tertiary/aromatic N) is 1. The highest BCUT2D eigenvalue weighted by molar-refractivity contribution is 6.36. The van der Waals surface area contributed by atoms with Gasteiger partial charge in [-0.2, -0.15) is 0 Å². The van der Waals surface area contributed by atoms with Gasteiger partial charge in [-0.1, -0.05) is 53.0 Å². The Hall–Kier alpha value is -1.26. The molecule has 1 aliphatic rings. The fourth-order valence-electron chi connectivity index (χ4n) is 3.22. The molecule has 138 valence electrons. The number of likely N-dealkylation sites (tertiary alicyclic amines) is 1. The fourth-order valence-corrected chi connectivity index (χ4v) is 3.88. The van der Waals surface area contributed by atoms with Crippen molar-refractivity contribution in [2.45, 2.75) is 31.8 Å². The van der Waals surface area contributed by atoms with Crippen molar-refractivity contribution in [1.82, 2.24) is 10.2 Å². The monoisotopic (exact) mass is 410 g/mol. The molecule has 3 rings (SSSR count). The van der Waals surface area contributed by atoms with Crippen LogP contribution in [0.5, 0.6) is 0 Å². The summed E-state index contributed by atoms with van der Waals surface area (Å²) in [5, 5.41) is 4.94. The molecule has 1 amide bonds. The van der Waals surface area contributed by atoms with E-state index in [9.17, 15) is 4.79 Å². The van der Waals surface area contributed by atoms with E-state index in [1.165, 1.54) is 5.56 Å². The van der Waals surface area contributed by atoms with Crippen molar-refractivity contribution in [2.75, 3.05) is 13.1 Å². The number of halogens is 3. The predicted octanol–water partition coefficient (Wildman–Crippen LogP) is 4.97. The summed E-state index contributed by atoms with van der Waals surface area (Å²) in [5.41, 5.74) is 1.94. The maximum Gasteiger partial charge on any atom is 0.224 e. The van der Waals surface area contributed by atoms with Crippen LogP contribution in [0.4, 0.5) is 0 Å². The SMILES string of the molecule is O=C(Cc1c(Cl)cccc1Cl)NC1CCN(Cc2ccc(Cl)cc2)CC1. The van der Waals surface area contributed by atoms with Gasteiger partial charge in [0.05, 0.1) is 6.42 Å². The molecular weight excluding hydrogens is 391 g/mol. The summed E-state index contributed by atoms with van der Waals surface area (Å²) in [6, 6.07) is 13.4. The van der Waals surface area contributed by atoms with E-state index in [1.54, 1.807) is 18.2 Å². The lowest BCUT2D eigenvalue weighted by Crippen LogP contribution is -2.44. The fraction of sp³-hybridized carbons (Fsp3) is 0.350. The van der Waals surface area contributed by atoms with Gasteiger partial charge in [-0.3, -0.25) is 9.69 Å². The van der Waals surface area contributed by atoms with E-state index >= 15 is 0 Å². The third-order valence-electron chi connectivity index (χ3n) is 4.67. The molecular formula is C20H21Cl3N2O. The maximum atomic E-state index is 12.3. The van der Waals surface area contributed by atoms with E-state index < -0.39 is 0 Å². The normalized spacial score (nSPS) is 15.8. The Morgan fingerprint density at radius 1 is 1.00 bits per heavy atom.